The van der Waals surface area contributed by atoms with E-state index in [1.165, 1.54) is 23.5 Å². The van der Waals surface area contributed by atoms with Gasteiger partial charge in [0.25, 0.3) is 5.89 Å². The normalized spacial score (nSPS) is 10.5. The molecule has 0 saturated heterocycles. The molecule has 0 atom stereocenters. The highest BCUT2D eigenvalue weighted by Crippen LogP contribution is 2.24. The zero-order chi connectivity index (χ0) is 13.2. The summed E-state index contributed by atoms with van der Waals surface area (Å²) in [5.74, 6) is -0.413. The Kier molecular flexibility index (Phi) is 2.81. The minimum absolute atomic E-state index is 0.172. The van der Waals surface area contributed by atoms with Crippen molar-refractivity contribution in [3.05, 3.63) is 40.7 Å². The van der Waals surface area contributed by atoms with Crippen LogP contribution in [0.15, 0.2) is 39.6 Å². The molecule has 0 aliphatic rings. The zero-order valence-electron chi connectivity index (χ0n) is 9.48. The maximum Gasteiger partial charge on any atom is 0.335 e. The highest BCUT2D eigenvalue weighted by molar-refractivity contribution is 7.07. The third-order valence-corrected chi connectivity index (χ3v) is 3.02. The Morgan fingerprint density at radius 1 is 1.26 bits per heavy atom. The van der Waals surface area contributed by atoms with Crippen LogP contribution in [0.4, 0.5) is 0 Å². The van der Waals surface area contributed by atoms with Gasteiger partial charge in [0, 0.05) is 10.9 Å². The van der Waals surface area contributed by atoms with Crippen LogP contribution in [0.1, 0.15) is 10.4 Å². The molecule has 0 aliphatic heterocycles. The number of hydrogen-bond donors (Lipinski definition) is 1. The number of rotatable bonds is 3. The maximum absolute atomic E-state index is 10.9. The van der Waals surface area contributed by atoms with Crippen molar-refractivity contribution in [1.82, 2.24) is 15.2 Å². The number of aromatic nitrogens is 3. The van der Waals surface area contributed by atoms with Crippen LogP contribution < -0.4 is 0 Å². The molecule has 7 heteroatoms. The predicted octanol–water partition coefficient (Wildman–Crippen LogP) is 2.56. The van der Waals surface area contributed by atoms with E-state index in [4.69, 9.17) is 9.52 Å². The molecule has 0 fully saturated rings. The van der Waals surface area contributed by atoms with Crippen molar-refractivity contribution in [1.29, 1.82) is 0 Å². The van der Waals surface area contributed by atoms with Crippen molar-refractivity contribution in [2.45, 2.75) is 0 Å². The van der Waals surface area contributed by atoms with Gasteiger partial charge in [0.1, 0.15) is 5.69 Å². The first-order chi connectivity index (χ1) is 9.24. The monoisotopic (exact) mass is 273 g/mol. The molecule has 19 heavy (non-hydrogen) atoms. The van der Waals surface area contributed by atoms with Crippen molar-refractivity contribution in [2.75, 3.05) is 0 Å². The average Bonchev–Trinajstić information content (AvgIpc) is 3.09. The Labute approximate surface area is 111 Å². The summed E-state index contributed by atoms with van der Waals surface area (Å²) in [6.07, 6.45) is 0. The fourth-order valence-electron chi connectivity index (χ4n) is 1.55. The topological polar surface area (TPSA) is 89.1 Å². The summed E-state index contributed by atoms with van der Waals surface area (Å²) < 4.78 is 5.48. The lowest BCUT2D eigenvalue weighted by molar-refractivity contribution is 0.0697. The minimum Gasteiger partial charge on any atom is -0.478 e. The van der Waals surface area contributed by atoms with Gasteiger partial charge in [-0.1, -0.05) is 6.07 Å². The molecule has 6 nitrogen and oxygen atoms in total. The smallest absolute Gasteiger partial charge is 0.335 e. The van der Waals surface area contributed by atoms with Crippen molar-refractivity contribution < 1.29 is 14.3 Å². The summed E-state index contributed by atoms with van der Waals surface area (Å²) >= 11 is 1.43. The summed E-state index contributed by atoms with van der Waals surface area (Å²) in [5, 5.41) is 18.5. The first-order valence-electron chi connectivity index (χ1n) is 5.30. The Bertz CT molecular complexity index is 721. The van der Waals surface area contributed by atoms with Gasteiger partial charge in [-0.25, -0.2) is 9.78 Å². The van der Waals surface area contributed by atoms with Crippen molar-refractivity contribution in [3.63, 3.8) is 0 Å². The molecule has 0 saturated carbocycles. The molecule has 0 radical (unpaired) electrons. The number of carbonyl (C=O) groups is 1. The number of carboxylic acid groups (broad SMARTS) is 1. The van der Waals surface area contributed by atoms with E-state index in [1.54, 1.807) is 23.0 Å². The molecular weight excluding hydrogens is 266 g/mol. The van der Waals surface area contributed by atoms with E-state index in [1.807, 2.05) is 0 Å². The van der Waals surface area contributed by atoms with Crippen LogP contribution in [-0.2, 0) is 0 Å². The van der Waals surface area contributed by atoms with Crippen LogP contribution in [0.3, 0.4) is 0 Å². The lowest BCUT2D eigenvalue weighted by Crippen LogP contribution is -1.95. The largest absolute Gasteiger partial charge is 0.478 e. The van der Waals surface area contributed by atoms with Gasteiger partial charge in [-0.2, -0.15) is 0 Å². The predicted molar refractivity (Wildman–Crippen MR) is 67.8 cm³/mol. The highest BCUT2D eigenvalue weighted by Gasteiger charge is 2.13. The van der Waals surface area contributed by atoms with Crippen LogP contribution in [-0.4, -0.2) is 26.3 Å². The number of carboxylic acids is 1. The van der Waals surface area contributed by atoms with E-state index in [2.05, 4.69) is 15.2 Å². The number of thiazole rings is 1. The van der Waals surface area contributed by atoms with Crippen molar-refractivity contribution in [2.24, 2.45) is 0 Å². The molecule has 0 amide bonds. The minimum atomic E-state index is -0.999. The van der Waals surface area contributed by atoms with Gasteiger partial charge in [-0.15, -0.1) is 21.5 Å². The summed E-state index contributed by atoms with van der Waals surface area (Å²) in [4.78, 5) is 15.0. The molecule has 0 aliphatic carbocycles. The second kappa shape index (κ2) is 4.62. The highest BCUT2D eigenvalue weighted by atomic mass is 32.1. The zero-order valence-corrected chi connectivity index (χ0v) is 10.3. The molecule has 94 valence electrons. The second-order valence-corrected chi connectivity index (χ2v) is 4.39. The van der Waals surface area contributed by atoms with Gasteiger partial charge in [-0.3, -0.25) is 0 Å². The van der Waals surface area contributed by atoms with Crippen LogP contribution in [0, 0.1) is 0 Å². The van der Waals surface area contributed by atoms with E-state index in [9.17, 15) is 4.79 Å². The van der Waals surface area contributed by atoms with Crippen LogP contribution in [0.5, 0.6) is 0 Å². The number of hydrogen-bond acceptors (Lipinski definition) is 6. The molecule has 3 aromatic rings. The summed E-state index contributed by atoms with van der Waals surface area (Å²) in [6.45, 7) is 0. The lowest BCUT2D eigenvalue weighted by Gasteiger charge is -1.96. The Morgan fingerprint density at radius 3 is 2.84 bits per heavy atom. The quantitative estimate of drug-likeness (QED) is 0.788. The fourth-order valence-corrected chi connectivity index (χ4v) is 2.07. The maximum atomic E-state index is 10.9. The van der Waals surface area contributed by atoms with Crippen LogP contribution in [0.2, 0.25) is 0 Å². The standard InChI is InChI=1S/C12H7N3O3S/c16-12(17)8-3-1-2-7(4-8)10-14-15-11(18-10)9-5-19-6-13-9/h1-6H,(H,16,17). The van der Waals surface area contributed by atoms with Gasteiger partial charge in [-0.05, 0) is 18.2 Å². The van der Waals surface area contributed by atoms with Gasteiger partial charge in [0.15, 0.2) is 0 Å². The molecular formula is C12H7N3O3S. The third-order valence-electron chi connectivity index (χ3n) is 2.43. The molecule has 0 bridgehead atoms. The first kappa shape index (κ1) is 11.5. The van der Waals surface area contributed by atoms with Gasteiger partial charge >= 0.3 is 5.97 Å². The Hall–Kier alpha value is -2.54. The van der Waals surface area contributed by atoms with Crippen LogP contribution in [0.25, 0.3) is 23.0 Å². The van der Waals surface area contributed by atoms with E-state index < -0.39 is 5.97 Å². The van der Waals surface area contributed by atoms with Crippen molar-refractivity contribution in [3.8, 4) is 23.0 Å². The SMILES string of the molecule is O=C(O)c1cccc(-c2nnc(-c3cscn3)o2)c1. The van der Waals surface area contributed by atoms with E-state index in [-0.39, 0.29) is 11.5 Å². The van der Waals surface area contributed by atoms with Crippen LogP contribution >= 0.6 is 11.3 Å². The third kappa shape index (κ3) is 2.23. The fraction of sp³-hybridized carbons (Fsp3) is 0. The average molecular weight is 273 g/mol. The molecule has 2 aromatic heterocycles. The molecule has 2 heterocycles. The van der Waals surface area contributed by atoms with E-state index in [0.29, 0.717) is 17.1 Å². The molecule has 3 rings (SSSR count). The van der Waals surface area contributed by atoms with Gasteiger partial charge < -0.3 is 9.52 Å². The Balaban J connectivity index is 1.99. The first-order valence-corrected chi connectivity index (χ1v) is 6.24. The number of aromatic carboxylic acids is 1. The Morgan fingerprint density at radius 2 is 2.11 bits per heavy atom. The molecule has 0 spiro atoms. The number of benzene rings is 1. The molecule has 0 unspecified atom stereocenters. The molecule has 1 N–H and O–H groups in total. The molecule has 1 aromatic carbocycles. The van der Waals surface area contributed by atoms with E-state index >= 15 is 0 Å². The summed E-state index contributed by atoms with van der Waals surface area (Å²) in [5.41, 5.74) is 3.02. The summed E-state index contributed by atoms with van der Waals surface area (Å²) in [7, 11) is 0. The second-order valence-electron chi connectivity index (χ2n) is 3.67. The number of nitrogens with zero attached hydrogens (tertiary/aromatic N) is 3. The van der Waals surface area contributed by atoms with E-state index in [0.717, 1.165) is 0 Å². The van der Waals surface area contributed by atoms with Gasteiger partial charge in [0.2, 0.25) is 5.89 Å². The summed E-state index contributed by atoms with van der Waals surface area (Å²) in [6, 6.07) is 6.33. The van der Waals surface area contributed by atoms with Crippen molar-refractivity contribution >= 4 is 17.3 Å². The van der Waals surface area contributed by atoms with Gasteiger partial charge in [0.05, 0.1) is 11.1 Å². The lowest BCUT2D eigenvalue weighted by atomic mass is 10.1.